The molecular weight excluding hydrogens is 306 g/mol. The van der Waals surface area contributed by atoms with E-state index in [-0.39, 0.29) is 5.84 Å². The fourth-order valence-electron chi connectivity index (χ4n) is 2.63. The van der Waals surface area contributed by atoms with Crippen molar-refractivity contribution < 1.29 is 9.94 Å². The number of oxime groups is 1. The largest absolute Gasteiger partial charge is 0.472 e. The highest BCUT2D eigenvalue weighted by molar-refractivity contribution is 6.02. The molecule has 0 unspecified atom stereocenters. The van der Waals surface area contributed by atoms with Gasteiger partial charge in [-0.15, -0.1) is 0 Å². The van der Waals surface area contributed by atoms with Crippen LogP contribution in [0.1, 0.15) is 22.4 Å². The van der Waals surface area contributed by atoms with Crippen LogP contribution in [0.25, 0.3) is 11.0 Å². The molecule has 0 aliphatic carbocycles. The summed E-state index contributed by atoms with van der Waals surface area (Å²) in [6, 6.07) is 9.79. The molecule has 0 atom stereocenters. The minimum Gasteiger partial charge on any atom is -0.472 e. The van der Waals surface area contributed by atoms with Crippen LogP contribution in [0.4, 0.5) is 0 Å². The Hall–Kier alpha value is -3.09. The van der Waals surface area contributed by atoms with E-state index in [1.165, 1.54) is 0 Å². The van der Waals surface area contributed by atoms with E-state index >= 15 is 0 Å². The summed E-state index contributed by atoms with van der Waals surface area (Å²) >= 11 is 0. The number of nitrogens with zero attached hydrogens (tertiary/aromatic N) is 4. The van der Waals surface area contributed by atoms with Gasteiger partial charge in [-0.3, -0.25) is 4.68 Å². The van der Waals surface area contributed by atoms with Crippen molar-refractivity contribution in [2.45, 2.75) is 20.5 Å². The zero-order chi connectivity index (χ0) is 17.3. The molecule has 1 aromatic carbocycles. The predicted molar refractivity (Wildman–Crippen MR) is 91.3 cm³/mol. The summed E-state index contributed by atoms with van der Waals surface area (Å²) in [5, 5.41) is 17.3. The smallest absolute Gasteiger partial charge is 0.227 e. The van der Waals surface area contributed by atoms with Crippen molar-refractivity contribution >= 4 is 16.9 Å². The highest BCUT2D eigenvalue weighted by Gasteiger charge is 2.16. The van der Waals surface area contributed by atoms with Crippen LogP contribution < -0.4 is 10.5 Å². The molecule has 0 amide bonds. The molecule has 7 nitrogen and oxygen atoms in total. The zero-order valence-corrected chi connectivity index (χ0v) is 13.8. The average molecular weight is 325 g/mol. The van der Waals surface area contributed by atoms with E-state index in [1.54, 1.807) is 10.7 Å². The van der Waals surface area contributed by atoms with Crippen LogP contribution in [0.15, 0.2) is 35.5 Å². The highest BCUT2D eigenvalue weighted by atomic mass is 16.5. The summed E-state index contributed by atoms with van der Waals surface area (Å²) in [5.74, 6) is 0.259. The Balaban J connectivity index is 2.02. The predicted octanol–water partition coefficient (Wildman–Crippen LogP) is 2.26. The van der Waals surface area contributed by atoms with Crippen molar-refractivity contribution in [2.75, 3.05) is 0 Å². The van der Waals surface area contributed by atoms with Crippen LogP contribution in [0.3, 0.4) is 0 Å². The molecule has 3 aromatic rings. The van der Waals surface area contributed by atoms with Crippen LogP contribution >= 0.6 is 0 Å². The SMILES string of the molecule is Cc1cccc(COc2nc3c(cc2/C(N)=N/O)c(C)nn3C)c1. The molecular formula is C17H19N5O2. The summed E-state index contributed by atoms with van der Waals surface area (Å²) in [4.78, 5) is 4.51. The standard InChI is InChI=1S/C17H19N5O2/c1-10-5-4-6-12(7-10)9-24-17-14(15(18)21-23)8-13-11(2)20-22(3)16(13)19-17/h4-8,23H,9H2,1-3H3,(H2,18,21). The normalized spacial score (nSPS) is 11.9. The fourth-order valence-corrected chi connectivity index (χ4v) is 2.63. The monoisotopic (exact) mass is 325 g/mol. The lowest BCUT2D eigenvalue weighted by Crippen LogP contribution is -2.16. The first-order chi connectivity index (χ1) is 11.5. The van der Waals surface area contributed by atoms with Gasteiger partial charge in [0.2, 0.25) is 5.88 Å². The fraction of sp³-hybridized carbons (Fsp3) is 0.235. The summed E-state index contributed by atoms with van der Waals surface area (Å²) in [6.45, 7) is 4.24. The van der Waals surface area contributed by atoms with Crippen molar-refractivity contribution in [3.8, 4) is 5.88 Å². The molecule has 3 rings (SSSR count). The number of hydrogen-bond acceptors (Lipinski definition) is 5. The molecule has 0 bridgehead atoms. The van der Waals surface area contributed by atoms with Crippen LogP contribution in [0, 0.1) is 13.8 Å². The van der Waals surface area contributed by atoms with Gasteiger partial charge >= 0.3 is 0 Å². The lowest BCUT2D eigenvalue weighted by molar-refractivity contribution is 0.292. The molecule has 0 saturated heterocycles. The van der Waals surface area contributed by atoms with Crippen LogP contribution in [-0.4, -0.2) is 25.8 Å². The first-order valence-electron chi connectivity index (χ1n) is 7.50. The van der Waals surface area contributed by atoms with Gasteiger partial charge in [-0.05, 0) is 25.5 Å². The van der Waals surface area contributed by atoms with Gasteiger partial charge in [-0.25, -0.2) is 0 Å². The third kappa shape index (κ3) is 2.88. The lowest BCUT2D eigenvalue weighted by atomic mass is 10.1. The topological polar surface area (TPSA) is 98.6 Å². The van der Waals surface area contributed by atoms with Crippen molar-refractivity contribution in [1.29, 1.82) is 0 Å². The van der Waals surface area contributed by atoms with Crippen molar-refractivity contribution in [3.63, 3.8) is 0 Å². The number of hydrogen-bond donors (Lipinski definition) is 2. The van der Waals surface area contributed by atoms with Crippen LogP contribution in [-0.2, 0) is 13.7 Å². The maximum Gasteiger partial charge on any atom is 0.227 e. The Labute approximate surface area is 139 Å². The van der Waals surface area contributed by atoms with Gasteiger partial charge in [0.15, 0.2) is 11.5 Å². The van der Waals surface area contributed by atoms with E-state index in [9.17, 15) is 0 Å². The maximum atomic E-state index is 9.04. The summed E-state index contributed by atoms with van der Waals surface area (Å²) in [6.07, 6.45) is 0. The number of aromatic nitrogens is 3. The molecule has 2 aromatic heterocycles. The first-order valence-corrected chi connectivity index (χ1v) is 7.50. The number of pyridine rings is 1. The second kappa shape index (κ2) is 6.19. The Bertz CT molecular complexity index is 930. The number of nitrogens with two attached hydrogens (primary N) is 1. The van der Waals surface area contributed by atoms with E-state index in [0.29, 0.717) is 23.7 Å². The quantitative estimate of drug-likeness (QED) is 0.332. The third-order valence-electron chi connectivity index (χ3n) is 3.81. The molecule has 0 fully saturated rings. The molecule has 0 aliphatic rings. The third-order valence-corrected chi connectivity index (χ3v) is 3.81. The van der Waals surface area contributed by atoms with Crippen molar-refractivity contribution in [1.82, 2.24) is 14.8 Å². The number of aryl methyl sites for hydroxylation is 3. The van der Waals surface area contributed by atoms with Gasteiger partial charge in [0.1, 0.15) is 6.61 Å². The van der Waals surface area contributed by atoms with Crippen LogP contribution in [0.2, 0.25) is 0 Å². The first kappa shape index (κ1) is 15.8. The van der Waals surface area contributed by atoms with Gasteiger partial charge in [0.25, 0.3) is 0 Å². The Kier molecular flexibility index (Phi) is 4.07. The Morgan fingerprint density at radius 2 is 2.12 bits per heavy atom. The molecule has 2 heterocycles. The Morgan fingerprint density at radius 1 is 1.33 bits per heavy atom. The molecule has 124 valence electrons. The van der Waals surface area contributed by atoms with Gasteiger partial charge in [-0.1, -0.05) is 35.0 Å². The summed E-state index contributed by atoms with van der Waals surface area (Å²) < 4.78 is 7.53. The van der Waals surface area contributed by atoms with Crippen LogP contribution in [0.5, 0.6) is 5.88 Å². The molecule has 0 radical (unpaired) electrons. The molecule has 24 heavy (non-hydrogen) atoms. The average Bonchev–Trinajstić information content (AvgIpc) is 2.85. The van der Waals surface area contributed by atoms with E-state index in [4.69, 9.17) is 15.7 Å². The molecule has 7 heteroatoms. The van der Waals surface area contributed by atoms with Crippen molar-refractivity contribution in [3.05, 3.63) is 52.7 Å². The van der Waals surface area contributed by atoms with E-state index in [0.717, 1.165) is 22.2 Å². The molecule has 3 N–H and O–H groups in total. The van der Waals surface area contributed by atoms with E-state index < -0.39 is 0 Å². The molecule has 0 saturated carbocycles. The minimum atomic E-state index is -0.0492. The van der Waals surface area contributed by atoms with Gasteiger partial charge < -0.3 is 15.7 Å². The second-order valence-electron chi connectivity index (χ2n) is 5.68. The van der Waals surface area contributed by atoms with Gasteiger partial charge in [-0.2, -0.15) is 10.1 Å². The number of fused-ring (bicyclic) bond motifs is 1. The van der Waals surface area contributed by atoms with E-state index in [1.807, 2.05) is 45.2 Å². The highest BCUT2D eigenvalue weighted by Crippen LogP contribution is 2.25. The zero-order valence-electron chi connectivity index (χ0n) is 13.8. The second-order valence-corrected chi connectivity index (χ2v) is 5.68. The summed E-state index contributed by atoms with van der Waals surface area (Å²) in [7, 11) is 1.82. The molecule has 0 aliphatic heterocycles. The van der Waals surface area contributed by atoms with Gasteiger partial charge in [0.05, 0.1) is 11.3 Å². The molecule has 0 spiro atoms. The number of benzene rings is 1. The summed E-state index contributed by atoms with van der Waals surface area (Å²) in [5.41, 5.74) is 9.89. The number of rotatable bonds is 4. The van der Waals surface area contributed by atoms with Crippen molar-refractivity contribution in [2.24, 2.45) is 17.9 Å². The minimum absolute atomic E-state index is 0.0492. The lowest BCUT2D eigenvalue weighted by Gasteiger charge is -2.11. The van der Waals surface area contributed by atoms with Gasteiger partial charge in [0, 0.05) is 12.4 Å². The number of ether oxygens (including phenoxy) is 1. The maximum absolute atomic E-state index is 9.04. The Morgan fingerprint density at radius 3 is 2.83 bits per heavy atom. The van der Waals surface area contributed by atoms with E-state index in [2.05, 4.69) is 15.2 Å². The number of amidine groups is 1.